The van der Waals surface area contributed by atoms with E-state index in [0.717, 1.165) is 27.3 Å². The van der Waals surface area contributed by atoms with Gasteiger partial charge in [-0.1, -0.05) is 41.1 Å². The highest BCUT2D eigenvalue weighted by molar-refractivity contribution is 7.99. The zero-order chi connectivity index (χ0) is 21.6. The summed E-state index contributed by atoms with van der Waals surface area (Å²) in [7, 11) is -0.464. The number of nitrogens with zero attached hydrogens (tertiary/aromatic N) is 2. The van der Waals surface area contributed by atoms with Gasteiger partial charge in [0, 0.05) is 23.9 Å². The Balaban J connectivity index is 1.86. The number of thiophene rings is 1. The maximum Gasteiger partial charge on any atom is 0.328 e. The Hall–Kier alpha value is -2.20. The highest BCUT2D eigenvalue weighted by Crippen LogP contribution is 2.38. The Labute approximate surface area is 187 Å². The van der Waals surface area contributed by atoms with Crippen molar-refractivity contribution in [2.75, 3.05) is 4.72 Å². The molecule has 0 amide bonds. The van der Waals surface area contributed by atoms with Crippen molar-refractivity contribution in [2.45, 2.75) is 20.9 Å². The van der Waals surface area contributed by atoms with Crippen LogP contribution in [0.25, 0.3) is 11.0 Å². The quantitative estimate of drug-likeness (QED) is 0.444. The zero-order valence-electron chi connectivity index (χ0n) is 16.3. The second-order valence-corrected chi connectivity index (χ2v) is 11.6. The fraction of sp³-hybridized carbons (Fsp3) is 0.150. The van der Waals surface area contributed by atoms with Crippen molar-refractivity contribution in [3.05, 3.63) is 68.9 Å². The summed E-state index contributed by atoms with van der Waals surface area (Å²) in [5, 5.41) is 0. The molecule has 2 heterocycles. The third-order valence-electron chi connectivity index (χ3n) is 4.68. The molecule has 0 saturated heterocycles. The van der Waals surface area contributed by atoms with Crippen molar-refractivity contribution in [3.63, 3.8) is 0 Å². The summed E-state index contributed by atoms with van der Waals surface area (Å²) in [5.41, 5.74) is 2.72. The van der Waals surface area contributed by atoms with Crippen LogP contribution >= 0.6 is 34.7 Å². The number of halogens is 1. The number of sulfonamides is 1. The van der Waals surface area contributed by atoms with Crippen molar-refractivity contribution >= 4 is 61.4 Å². The predicted molar refractivity (Wildman–Crippen MR) is 124 cm³/mol. The summed E-state index contributed by atoms with van der Waals surface area (Å²) in [4.78, 5) is 14.0. The normalized spacial score (nSPS) is 11.9. The van der Waals surface area contributed by atoms with Crippen LogP contribution in [-0.2, 0) is 24.1 Å². The molecule has 0 unspecified atom stereocenters. The van der Waals surface area contributed by atoms with Gasteiger partial charge in [0.15, 0.2) is 0 Å². The van der Waals surface area contributed by atoms with Crippen LogP contribution in [0.15, 0.2) is 67.3 Å². The molecule has 0 atom stereocenters. The van der Waals surface area contributed by atoms with Gasteiger partial charge in [0.25, 0.3) is 10.0 Å². The first-order valence-corrected chi connectivity index (χ1v) is 12.4. The average Bonchev–Trinajstić information content (AvgIpc) is 3.23. The van der Waals surface area contributed by atoms with Crippen LogP contribution in [0.3, 0.4) is 0 Å². The molecule has 2 aromatic carbocycles. The van der Waals surface area contributed by atoms with Crippen LogP contribution in [0.2, 0.25) is 4.34 Å². The minimum Gasteiger partial charge on any atom is -0.295 e. The number of aryl methyl sites for hydroxylation is 3. The van der Waals surface area contributed by atoms with Crippen molar-refractivity contribution in [1.82, 2.24) is 9.13 Å². The number of hydrogen-bond acceptors (Lipinski definition) is 5. The van der Waals surface area contributed by atoms with Crippen LogP contribution in [0.4, 0.5) is 5.69 Å². The monoisotopic (exact) mass is 479 g/mol. The topological polar surface area (TPSA) is 73.1 Å². The summed E-state index contributed by atoms with van der Waals surface area (Å²) in [6.07, 6.45) is 0. The molecule has 4 rings (SSSR count). The number of aromatic nitrogens is 2. The summed E-state index contributed by atoms with van der Waals surface area (Å²) < 4.78 is 32.1. The van der Waals surface area contributed by atoms with E-state index in [4.69, 9.17) is 11.6 Å². The second kappa shape index (κ2) is 7.81. The number of hydrogen-bond donors (Lipinski definition) is 1. The van der Waals surface area contributed by atoms with Gasteiger partial charge in [0.2, 0.25) is 0 Å². The number of nitrogens with one attached hydrogen (secondary N) is 1. The van der Waals surface area contributed by atoms with E-state index < -0.39 is 10.0 Å². The van der Waals surface area contributed by atoms with Crippen molar-refractivity contribution < 1.29 is 8.42 Å². The fourth-order valence-corrected chi connectivity index (χ4v) is 6.60. The van der Waals surface area contributed by atoms with Crippen LogP contribution < -0.4 is 10.4 Å². The van der Waals surface area contributed by atoms with Gasteiger partial charge in [-0.2, -0.15) is 0 Å². The van der Waals surface area contributed by atoms with E-state index in [1.807, 2.05) is 37.3 Å². The van der Waals surface area contributed by atoms with Gasteiger partial charge in [-0.25, -0.2) is 13.2 Å². The molecule has 0 aliphatic rings. The minimum atomic E-state index is -3.82. The van der Waals surface area contributed by atoms with Gasteiger partial charge in [-0.3, -0.25) is 13.9 Å². The third-order valence-corrected chi connectivity index (χ3v) is 8.83. The molecular formula is C20H18ClN3O3S3. The molecule has 10 heteroatoms. The lowest BCUT2D eigenvalue weighted by molar-refractivity contribution is 0.603. The highest BCUT2D eigenvalue weighted by atomic mass is 35.5. The molecule has 4 aromatic rings. The molecule has 0 spiro atoms. The minimum absolute atomic E-state index is 0.126. The van der Waals surface area contributed by atoms with Crippen molar-refractivity contribution in [3.8, 4) is 0 Å². The van der Waals surface area contributed by atoms with E-state index in [9.17, 15) is 13.2 Å². The Morgan fingerprint density at radius 3 is 2.23 bits per heavy atom. The maximum absolute atomic E-state index is 12.9. The van der Waals surface area contributed by atoms with E-state index in [2.05, 4.69) is 4.72 Å². The summed E-state index contributed by atoms with van der Waals surface area (Å²) in [5.74, 6) is 0. The molecule has 1 N–H and O–H groups in total. The summed E-state index contributed by atoms with van der Waals surface area (Å²) in [6.45, 7) is 2.01. The zero-order valence-corrected chi connectivity index (χ0v) is 19.5. The van der Waals surface area contributed by atoms with Crippen molar-refractivity contribution in [2.24, 2.45) is 14.1 Å². The number of fused-ring (bicyclic) bond motifs is 1. The Morgan fingerprint density at radius 1 is 1.00 bits per heavy atom. The molecule has 0 aliphatic heterocycles. The van der Waals surface area contributed by atoms with Gasteiger partial charge in [0.1, 0.15) is 4.21 Å². The number of imidazole rings is 1. The van der Waals surface area contributed by atoms with E-state index in [1.54, 1.807) is 30.8 Å². The van der Waals surface area contributed by atoms with Gasteiger partial charge < -0.3 is 0 Å². The predicted octanol–water partition coefficient (Wildman–Crippen LogP) is 4.85. The van der Waals surface area contributed by atoms with Crippen LogP contribution in [0.5, 0.6) is 0 Å². The largest absolute Gasteiger partial charge is 0.328 e. The van der Waals surface area contributed by atoms with Crippen LogP contribution in [0.1, 0.15) is 5.56 Å². The molecule has 0 saturated carbocycles. The first kappa shape index (κ1) is 21.0. The Bertz CT molecular complexity index is 1420. The van der Waals surface area contributed by atoms with E-state index >= 15 is 0 Å². The Kier molecular flexibility index (Phi) is 5.48. The third kappa shape index (κ3) is 3.90. The highest BCUT2D eigenvalue weighted by Gasteiger charge is 2.21. The fourth-order valence-electron chi connectivity index (χ4n) is 3.06. The van der Waals surface area contributed by atoms with Gasteiger partial charge in [0.05, 0.1) is 21.1 Å². The summed E-state index contributed by atoms with van der Waals surface area (Å²) in [6, 6.07) is 14.5. The number of rotatable bonds is 5. The lowest BCUT2D eigenvalue weighted by atomic mass is 10.2. The molecule has 0 aliphatic carbocycles. The maximum atomic E-state index is 12.9. The molecule has 30 heavy (non-hydrogen) atoms. The van der Waals surface area contributed by atoms with E-state index in [1.165, 1.54) is 22.4 Å². The average molecular weight is 480 g/mol. The van der Waals surface area contributed by atoms with Crippen LogP contribution in [-0.4, -0.2) is 17.6 Å². The van der Waals surface area contributed by atoms with Gasteiger partial charge in [-0.15, -0.1) is 11.3 Å². The lowest BCUT2D eigenvalue weighted by Crippen LogP contribution is -2.19. The first-order chi connectivity index (χ1) is 14.2. The molecular weight excluding hydrogens is 462 g/mol. The summed E-state index contributed by atoms with van der Waals surface area (Å²) >= 11 is 8.34. The Morgan fingerprint density at radius 2 is 1.63 bits per heavy atom. The standard InChI is InChI=1S/C20H18ClN3O3S3/c1-12-4-6-13(7-5-12)28-17-11-16-15(23(2)20(25)24(16)3)10-14(17)22-30(26,27)19-9-8-18(21)29-19/h4-11,22H,1-3H3. The molecule has 156 valence electrons. The number of benzene rings is 2. The lowest BCUT2D eigenvalue weighted by Gasteiger charge is -2.13. The molecule has 2 aromatic heterocycles. The van der Waals surface area contributed by atoms with Crippen molar-refractivity contribution in [1.29, 1.82) is 0 Å². The molecule has 0 fully saturated rings. The number of anilines is 1. The SMILES string of the molecule is Cc1ccc(Sc2cc3c(cc2NS(=O)(=O)c2ccc(Cl)s2)n(C)c(=O)n3C)cc1. The van der Waals surface area contributed by atoms with Gasteiger partial charge in [-0.05, 0) is 43.3 Å². The molecule has 0 bridgehead atoms. The van der Waals surface area contributed by atoms with E-state index in [0.29, 0.717) is 20.4 Å². The molecule has 6 nitrogen and oxygen atoms in total. The van der Waals surface area contributed by atoms with Gasteiger partial charge >= 0.3 is 5.69 Å². The first-order valence-electron chi connectivity index (χ1n) is 8.88. The second-order valence-electron chi connectivity index (χ2n) is 6.82. The molecule has 0 radical (unpaired) electrons. The smallest absolute Gasteiger partial charge is 0.295 e. The van der Waals surface area contributed by atoms with E-state index in [-0.39, 0.29) is 9.90 Å². The van der Waals surface area contributed by atoms with Crippen LogP contribution in [0, 0.1) is 6.92 Å².